The molecule has 6 fully saturated rings. The Labute approximate surface area is 316 Å². The second-order valence-electron chi connectivity index (χ2n) is 16.1. The number of Topliss-reactive ketones (excluding diaryl/α,β-unsaturated/α-hetero) is 1. The number of aliphatic hydroxyl groups is 1. The molecule has 5 saturated heterocycles. The quantitative estimate of drug-likeness (QED) is 0.141. The number of ketones is 1. The number of likely N-dealkylation sites (tertiary alicyclic amines) is 1. The summed E-state index contributed by atoms with van der Waals surface area (Å²) >= 11 is 6.43. The molecule has 5 aliphatic heterocycles. The number of amides is 2. The Morgan fingerprint density at radius 3 is 2.49 bits per heavy atom. The molecule has 53 heavy (non-hydrogen) atoms. The third-order valence-corrected chi connectivity index (χ3v) is 13.1. The number of carbonyl (C=O) groups excluding carboxylic acids is 3. The van der Waals surface area contributed by atoms with Gasteiger partial charge in [0.1, 0.15) is 6.04 Å². The minimum Gasteiger partial charge on any atom is -0.389 e. The lowest BCUT2D eigenvalue weighted by Crippen LogP contribution is -2.80. The number of alkyl halides is 4. The number of piperidine rings is 2. The summed E-state index contributed by atoms with van der Waals surface area (Å²) in [6, 6.07) is -2.60. The molecular weight excluding hydrogens is 717 g/mol. The normalized spacial score (nSPS) is 39.5. The SMILES string of the molecule is CCC1C(N2CCN(C(=O)C3NCNC(C)C3O)CC2)C(=O)C2NC(CN(C)C3CCCNC3)CNC2N1CC(=O)NC1CCC(C(F)(F)F)CC1Cl. The van der Waals surface area contributed by atoms with Crippen LogP contribution in [0.25, 0.3) is 0 Å². The van der Waals surface area contributed by atoms with Gasteiger partial charge in [-0.2, -0.15) is 13.2 Å². The highest BCUT2D eigenvalue weighted by Crippen LogP contribution is 2.39. The molecule has 18 heteroatoms. The van der Waals surface area contributed by atoms with Crippen molar-refractivity contribution in [1.29, 1.82) is 0 Å². The number of hydrogen-bond donors (Lipinski definition) is 7. The summed E-state index contributed by atoms with van der Waals surface area (Å²) in [7, 11) is 2.12. The van der Waals surface area contributed by atoms with E-state index < -0.39 is 53.9 Å². The second-order valence-corrected chi connectivity index (χ2v) is 16.6. The maximum Gasteiger partial charge on any atom is 0.391 e. The Hall–Kier alpha value is -1.67. The molecule has 1 saturated carbocycles. The third-order valence-electron chi connectivity index (χ3n) is 12.7. The Kier molecular flexibility index (Phi) is 13.6. The van der Waals surface area contributed by atoms with Gasteiger partial charge in [0.15, 0.2) is 5.78 Å². The van der Waals surface area contributed by atoms with Crippen molar-refractivity contribution in [3.8, 4) is 0 Å². The Morgan fingerprint density at radius 2 is 1.83 bits per heavy atom. The highest BCUT2D eigenvalue weighted by Gasteiger charge is 2.53. The fourth-order valence-corrected chi connectivity index (χ4v) is 9.92. The van der Waals surface area contributed by atoms with E-state index in [1.165, 1.54) is 0 Å². The first-order valence-corrected chi connectivity index (χ1v) is 20.1. The lowest BCUT2D eigenvalue weighted by molar-refractivity contribution is -0.182. The first-order chi connectivity index (χ1) is 25.3. The summed E-state index contributed by atoms with van der Waals surface area (Å²) in [4.78, 5) is 50.2. The largest absolute Gasteiger partial charge is 0.391 e. The van der Waals surface area contributed by atoms with Crippen molar-refractivity contribution in [2.24, 2.45) is 5.92 Å². The number of fused-ring (bicyclic) bond motifs is 1. The van der Waals surface area contributed by atoms with Crippen molar-refractivity contribution in [3.63, 3.8) is 0 Å². The predicted octanol–water partition coefficient (Wildman–Crippen LogP) is -1.17. The maximum absolute atomic E-state index is 14.7. The minimum absolute atomic E-state index is 0.0109. The van der Waals surface area contributed by atoms with E-state index in [4.69, 9.17) is 11.6 Å². The second kappa shape index (κ2) is 17.6. The van der Waals surface area contributed by atoms with Crippen LogP contribution in [0.15, 0.2) is 0 Å². The minimum atomic E-state index is -4.32. The van der Waals surface area contributed by atoms with Crippen LogP contribution in [-0.2, 0) is 14.4 Å². The van der Waals surface area contributed by atoms with Crippen LogP contribution in [0.1, 0.15) is 52.4 Å². The molecular formula is C35H60ClF3N10O4. The average Bonchev–Trinajstić information content (AvgIpc) is 3.14. The van der Waals surface area contributed by atoms with Gasteiger partial charge in [-0.1, -0.05) is 6.92 Å². The molecule has 0 aromatic carbocycles. The van der Waals surface area contributed by atoms with Gasteiger partial charge in [-0.15, -0.1) is 11.6 Å². The number of carbonyl (C=O) groups is 3. The smallest absolute Gasteiger partial charge is 0.389 e. The highest BCUT2D eigenvalue weighted by atomic mass is 35.5. The van der Waals surface area contributed by atoms with Gasteiger partial charge in [-0.05, 0) is 59.0 Å². The number of likely N-dealkylation sites (N-methyl/N-ethyl adjacent to an activating group) is 1. The fraction of sp³-hybridized carbons (Fsp3) is 0.914. The van der Waals surface area contributed by atoms with Gasteiger partial charge in [-0.3, -0.25) is 45.5 Å². The summed E-state index contributed by atoms with van der Waals surface area (Å²) in [5.74, 6) is -1.92. The molecule has 0 spiro atoms. The first-order valence-electron chi connectivity index (χ1n) is 19.6. The Morgan fingerprint density at radius 1 is 1.08 bits per heavy atom. The lowest BCUT2D eigenvalue weighted by Gasteiger charge is -2.55. The van der Waals surface area contributed by atoms with E-state index in [9.17, 15) is 32.7 Å². The summed E-state index contributed by atoms with van der Waals surface area (Å²) in [5, 5.41) is 29.7. The van der Waals surface area contributed by atoms with Crippen LogP contribution < -0.4 is 31.9 Å². The zero-order chi connectivity index (χ0) is 38.0. The molecule has 12 unspecified atom stereocenters. The van der Waals surface area contributed by atoms with E-state index in [1.807, 2.05) is 13.8 Å². The van der Waals surface area contributed by atoms with E-state index in [-0.39, 0.29) is 61.5 Å². The molecule has 2 amide bonds. The van der Waals surface area contributed by atoms with Crippen LogP contribution in [0.3, 0.4) is 0 Å². The maximum atomic E-state index is 14.7. The van der Waals surface area contributed by atoms with Gasteiger partial charge in [0.2, 0.25) is 11.8 Å². The fourth-order valence-electron chi connectivity index (χ4n) is 9.52. The Balaban J connectivity index is 1.16. The Bertz CT molecular complexity index is 1270. The monoisotopic (exact) mass is 776 g/mol. The molecule has 0 aromatic heterocycles. The van der Waals surface area contributed by atoms with E-state index in [1.54, 1.807) is 4.90 Å². The summed E-state index contributed by atoms with van der Waals surface area (Å²) in [6.45, 7) is 9.21. The van der Waals surface area contributed by atoms with Gasteiger partial charge in [0.25, 0.3) is 0 Å². The van der Waals surface area contributed by atoms with E-state index in [2.05, 4.69) is 53.6 Å². The number of rotatable bonds is 9. The standard InChI is InChI=1S/C35H60ClF3N10O4/c1-4-26-30(47-10-12-48(13-11-47)34(53)29-31(51)20(2)42-19-43-29)32(52)28-33(41-15-22(44-28)17-46(3)23-6-5-9-40-16-23)49(26)18-27(50)45-25-8-7-21(14-24(25)36)35(37,38)39/h20-26,28-31,33,40-44,51H,4-19H2,1-3H3,(H,45,50). The number of nitrogens with zero attached hydrogens (tertiary/aromatic N) is 4. The molecule has 5 heterocycles. The van der Waals surface area contributed by atoms with Crippen LogP contribution in [0.4, 0.5) is 13.2 Å². The topological polar surface area (TPSA) is 157 Å². The zero-order valence-corrected chi connectivity index (χ0v) is 32.0. The number of aliphatic hydroxyl groups excluding tert-OH is 1. The van der Waals surface area contributed by atoms with Crippen LogP contribution >= 0.6 is 11.6 Å². The van der Waals surface area contributed by atoms with E-state index in [0.29, 0.717) is 51.9 Å². The van der Waals surface area contributed by atoms with E-state index in [0.717, 1.165) is 32.5 Å². The van der Waals surface area contributed by atoms with Crippen molar-refractivity contribution in [2.75, 3.05) is 72.6 Å². The molecule has 0 bridgehead atoms. The number of nitrogens with one attached hydrogen (secondary N) is 6. The van der Waals surface area contributed by atoms with Crippen molar-refractivity contribution in [3.05, 3.63) is 0 Å². The van der Waals surface area contributed by atoms with Gasteiger partial charge < -0.3 is 25.5 Å². The summed E-state index contributed by atoms with van der Waals surface area (Å²) in [6.07, 6.45) is -3.02. The predicted molar refractivity (Wildman–Crippen MR) is 194 cm³/mol. The lowest BCUT2D eigenvalue weighted by atomic mass is 9.84. The zero-order valence-electron chi connectivity index (χ0n) is 31.2. The third kappa shape index (κ3) is 9.32. The number of halogens is 4. The summed E-state index contributed by atoms with van der Waals surface area (Å²) < 4.78 is 40.2. The average molecular weight is 777 g/mol. The molecule has 302 valence electrons. The van der Waals surface area contributed by atoms with Crippen molar-refractivity contribution in [1.82, 2.24) is 51.5 Å². The molecule has 14 nitrogen and oxygen atoms in total. The van der Waals surface area contributed by atoms with Crippen LogP contribution in [0.5, 0.6) is 0 Å². The molecule has 7 N–H and O–H groups in total. The van der Waals surface area contributed by atoms with Gasteiger partial charge >= 0.3 is 6.18 Å². The van der Waals surface area contributed by atoms with Gasteiger partial charge in [0, 0.05) is 82.7 Å². The number of piperazine rings is 2. The van der Waals surface area contributed by atoms with Crippen molar-refractivity contribution in [2.45, 2.75) is 125 Å². The highest BCUT2D eigenvalue weighted by molar-refractivity contribution is 6.21. The van der Waals surface area contributed by atoms with Gasteiger partial charge in [-0.25, -0.2) is 0 Å². The van der Waals surface area contributed by atoms with Crippen LogP contribution in [0.2, 0.25) is 0 Å². The summed E-state index contributed by atoms with van der Waals surface area (Å²) in [5.41, 5.74) is 0. The van der Waals surface area contributed by atoms with Crippen LogP contribution in [0, 0.1) is 5.92 Å². The van der Waals surface area contributed by atoms with E-state index >= 15 is 0 Å². The van der Waals surface area contributed by atoms with Crippen LogP contribution in [-0.4, -0.2) is 187 Å². The molecule has 6 aliphatic rings. The molecule has 6 rings (SSSR count). The molecule has 0 aromatic rings. The van der Waals surface area contributed by atoms with Gasteiger partial charge in [0.05, 0.1) is 42.2 Å². The first kappa shape index (κ1) is 41.0. The molecule has 12 atom stereocenters. The molecule has 0 radical (unpaired) electrons. The molecule has 1 aliphatic carbocycles. The van der Waals surface area contributed by atoms with Crippen molar-refractivity contribution >= 4 is 29.2 Å². The van der Waals surface area contributed by atoms with Crippen molar-refractivity contribution < 1.29 is 32.7 Å². The number of hydrogen-bond acceptors (Lipinski definition) is 12.